The van der Waals surface area contributed by atoms with Gasteiger partial charge >= 0.3 is 11.6 Å². The molecule has 0 saturated heterocycles. The molecule has 1 aliphatic rings. The molecule has 0 fully saturated rings. The quantitative estimate of drug-likeness (QED) is 0.295. The summed E-state index contributed by atoms with van der Waals surface area (Å²) in [7, 11) is 0. The zero-order valence-corrected chi connectivity index (χ0v) is 17.4. The molecule has 0 radical (unpaired) electrons. The van der Waals surface area contributed by atoms with Crippen molar-refractivity contribution in [1.29, 1.82) is 0 Å². The van der Waals surface area contributed by atoms with Crippen molar-refractivity contribution in [2.24, 2.45) is 0 Å². The first-order valence-corrected chi connectivity index (χ1v) is 10.1. The van der Waals surface area contributed by atoms with Gasteiger partial charge in [0.1, 0.15) is 17.9 Å². The summed E-state index contributed by atoms with van der Waals surface area (Å²) in [6.45, 7) is -0.440. The molecule has 8 heteroatoms. The van der Waals surface area contributed by atoms with Crippen molar-refractivity contribution in [3.8, 4) is 5.75 Å². The number of carbonyl (C=O) groups excluding carboxylic acids is 1. The molecule has 1 aliphatic carbocycles. The largest absolute Gasteiger partial charge is 0.480 e. The van der Waals surface area contributed by atoms with E-state index in [1.54, 1.807) is 0 Å². The first kappa shape index (κ1) is 20.1. The van der Waals surface area contributed by atoms with Crippen LogP contribution in [-0.2, 0) is 29.0 Å². The van der Waals surface area contributed by atoms with E-state index in [0.29, 0.717) is 11.1 Å². The van der Waals surface area contributed by atoms with Gasteiger partial charge in [-0.05, 0) is 48.6 Å². The molecule has 150 valence electrons. The Morgan fingerprint density at radius 2 is 1.69 bits per heavy atom. The van der Waals surface area contributed by atoms with Gasteiger partial charge in [-0.15, -0.1) is 0 Å². The fourth-order valence-corrected chi connectivity index (χ4v) is 3.96. The molecule has 3 aromatic rings. The second-order valence-corrected chi connectivity index (χ2v) is 7.93. The molecule has 0 unspecified atom stereocenters. The highest BCUT2D eigenvalue weighted by Crippen LogP contribution is 2.34. The topological polar surface area (TPSA) is 65.7 Å². The van der Waals surface area contributed by atoms with E-state index in [1.165, 1.54) is 29.3 Å². The average molecular weight is 454 g/mol. The van der Waals surface area contributed by atoms with Gasteiger partial charge in [0.15, 0.2) is 6.61 Å². The van der Waals surface area contributed by atoms with Crippen LogP contribution in [0.5, 0.6) is 5.75 Å². The van der Waals surface area contributed by atoms with Crippen molar-refractivity contribution < 1.29 is 18.7 Å². The molecule has 0 bridgehead atoms. The van der Waals surface area contributed by atoms with E-state index in [2.05, 4.69) is 0 Å². The SMILES string of the molecule is O=C(COc1cc(Cl)c(Cl)cc1Cl)OCc1cc(=O)oc2cc3c(cc12)CCC3. The highest BCUT2D eigenvalue weighted by Gasteiger charge is 2.16. The van der Waals surface area contributed by atoms with Gasteiger partial charge in [-0.2, -0.15) is 0 Å². The maximum Gasteiger partial charge on any atom is 0.344 e. The van der Waals surface area contributed by atoms with Gasteiger partial charge in [0.25, 0.3) is 0 Å². The summed E-state index contributed by atoms with van der Waals surface area (Å²) in [5.41, 5.74) is 3.04. The van der Waals surface area contributed by atoms with E-state index in [0.717, 1.165) is 24.6 Å². The minimum Gasteiger partial charge on any atom is -0.480 e. The summed E-state index contributed by atoms with van der Waals surface area (Å²) < 4.78 is 16.0. The fraction of sp³-hybridized carbons (Fsp3) is 0.238. The van der Waals surface area contributed by atoms with Gasteiger partial charge < -0.3 is 13.9 Å². The van der Waals surface area contributed by atoms with Crippen LogP contribution in [0.15, 0.2) is 39.5 Å². The normalized spacial score (nSPS) is 12.8. The molecule has 1 aromatic heterocycles. The van der Waals surface area contributed by atoms with Crippen LogP contribution >= 0.6 is 34.8 Å². The van der Waals surface area contributed by atoms with Crippen molar-refractivity contribution in [3.63, 3.8) is 0 Å². The highest BCUT2D eigenvalue weighted by molar-refractivity contribution is 6.43. The smallest absolute Gasteiger partial charge is 0.344 e. The summed E-state index contributed by atoms with van der Waals surface area (Å²) in [6.07, 6.45) is 3.04. The maximum absolute atomic E-state index is 12.1. The van der Waals surface area contributed by atoms with E-state index < -0.39 is 11.6 Å². The second kappa shape index (κ2) is 8.27. The molecule has 29 heavy (non-hydrogen) atoms. The van der Waals surface area contributed by atoms with Crippen LogP contribution in [-0.4, -0.2) is 12.6 Å². The molecule has 5 nitrogen and oxygen atoms in total. The summed E-state index contributed by atoms with van der Waals surface area (Å²) in [5, 5.41) is 1.54. The number of hydrogen-bond acceptors (Lipinski definition) is 5. The number of halogens is 3. The van der Waals surface area contributed by atoms with Gasteiger partial charge in [-0.3, -0.25) is 0 Å². The van der Waals surface area contributed by atoms with E-state index in [4.69, 9.17) is 48.7 Å². The molecule has 0 N–H and O–H groups in total. The number of benzene rings is 2. The monoisotopic (exact) mass is 452 g/mol. The van der Waals surface area contributed by atoms with Crippen molar-refractivity contribution in [2.75, 3.05) is 6.61 Å². The van der Waals surface area contributed by atoms with Crippen molar-refractivity contribution >= 4 is 51.7 Å². The number of rotatable bonds is 5. The van der Waals surface area contributed by atoms with Crippen molar-refractivity contribution in [3.05, 3.63) is 72.5 Å². The molecule has 0 amide bonds. The lowest BCUT2D eigenvalue weighted by Gasteiger charge is -2.11. The molecule has 0 spiro atoms. The third kappa shape index (κ3) is 4.37. The zero-order valence-electron chi connectivity index (χ0n) is 15.1. The second-order valence-electron chi connectivity index (χ2n) is 6.71. The Labute approximate surface area is 181 Å². The molecular weight excluding hydrogens is 439 g/mol. The van der Waals surface area contributed by atoms with E-state index in [1.807, 2.05) is 12.1 Å². The zero-order chi connectivity index (χ0) is 20.5. The van der Waals surface area contributed by atoms with Crippen LogP contribution in [0.1, 0.15) is 23.1 Å². The summed E-state index contributed by atoms with van der Waals surface area (Å²) >= 11 is 17.8. The Morgan fingerprint density at radius 1 is 0.966 bits per heavy atom. The predicted octanol–water partition coefficient (Wildman–Crippen LogP) is 5.36. The fourth-order valence-electron chi connectivity index (χ4n) is 3.37. The number of aryl methyl sites for hydroxylation is 2. The van der Waals surface area contributed by atoms with Crippen LogP contribution in [0.3, 0.4) is 0 Å². The third-order valence-corrected chi connectivity index (χ3v) is 5.77. The average Bonchev–Trinajstić information content (AvgIpc) is 3.13. The van der Waals surface area contributed by atoms with Crippen LogP contribution < -0.4 is 10.4 Å². The first-order valence-electron chi connectivity index (χ1n) is 8.92. The highest BCUT2D eigenvalue weighted by atomic mass is 35.5. The van der Waals surface area contributed by atoms with Crippen LogP contribution in [0.25, 0.3) is 11.0 Å². The molecule has 4 rings (SSSR count). The number of esters is 1. The lowest BCUT2D eigenvalue weighted by Crippen LogP contribution is -2.15. The molecule has 0 aliphatic heterocycles. The molecule has 1 heterocycles. The third-order valence-electron chi connectivity index (χ3n) is 4.75. The van der Waals surface area contributed by atoms with Gasteiger partial charge in [-0.25, -0.2) is 9.59 Å². The van der Waals surface area contributed by atoms with E-state index in [-0.39, 0.29) is 34.0 Å². The molecular formula is C21H15Cl3O5. The lowest BCUT2D eigenvalue weighted by molar-refractivity contribution is -0.147. The number of ether oxygens (including phenoxy) is 2. The Morgan fingerprint density at radius 3 is 2.48 bits per heavy atom. The van der Waals surface area contributed by atoms with Crippen molar-refractivity contribution in [1.82, 2.24) is 0 Å². The maximum atomic E-state index is 12.1. The Hall–Kier alpha value is -2.21. The molecule has 0 atom stereocenters. The van der Waals surface area contributed by atoms with E-state index in [9.17, 15) is 9.59 Å². The summed E-state index contributed by atoms with van der Waals surface area (Å²) in [5.74, 6) is -0.394. The number of carbonyl (C=O) groups is 1. The van der Waals surface area contributed by atoms with Gasteiger partial charge in [0.05, 0.1) is 15.1 Å². The molecule has 2 aromatic carbocycles. The van der Waals surface area contributed by atoms with E-state index >= 15 is 0 Å². The van der Waals surface area contributed by atoms with Crippen molar-refractivity contribution in [2.45, 2.75) is 25.9 Å². The lowest BCUT2D eigenvalue weighted by atomic mass is 10.0. The van der Waals surface area contributed by atoms with Gasteiger partial charge in [-0.1, -0.05) is 34.8 Å². The van der Waals surface area contributed by atoms with Crippen LogP contribution in [0, 0.1) is 0 Å². The number of fused-ring (bicyclic) bond motifs is 2. The first-order chi connectivity index (χ1) is 13.9. The van der Waals surface area contributed by atoms with Crippen LogP contribution in [0.2, 0.25) is 15.1 Å². The summed E-state index contributed by atoms with van der Waals surface area (Å²) in [6, 6.07) is 8.11. The molecule has 0 saturated carbocycles. The number of hydrogen-bond donors (Lipinski definition) is 0. The Bertz CT molecular complexity index is 1170. The predicted molar refractivity (Wildman–Crippen MR) is 111 cm³/mol. The van der Waals surface area contributed by atoms with Gasteiger partial charge in [0, 0.05) is 23.1 Å². The van der Waals surface area contributed by atoms with Gasteiger partial charge in [0.2, 0.25) is 0 Å². The minimum atomic E-state index is -0.616. The Kier molecular flexibility index (Phi) is 5.72. The Balaban J connectivity index is 1.46. The minimum absolute atomic E-state index is 0.0712. The standard InChI is InChI=1S/C21H15Cl3O5/c22-15-7-17(24)19(8-16(15)23)27-10-21(26)28-9-13-6-20(25)29-18-5-12-3-1-2-11(12)4-14(13)18/h4-8H,1-3,9-10H2. The summed E-state index contributed by atoms with van der Waals surface area (Å²) in [4.78, 5) is 24.0. The van der Waals surface area contributed by atoms with Crippen LogP contribution in [0.4, 0.5) is 0 Å².